The molecule has 0 bridgehead atoms. The lowest BCUT2D eigenvalue weighted by Gasteiger charge is -2.33. The van der Waals surface area contributed by atoms with Crippen molar-refractivity contribution in [2.24, 2.45) is 0 Å². The Balaban J connectivity index is 1.87. The van der Waals surface area contributed by atoms with Crippen LogP contribution in [-0.2, 0) is 6.42 Å². The number of ether oxygens (including phenoxy) is 1. The van der Waals surface area contributed by atoms with Crippen molar-refractivity contribution in [3.8, 4) is 11.5 Å². The number of phenolic OH excluding ortho intramolecular Hbond substituents is 1. The highest BCUT2D eigenvalue weighted by Gasteiger charge is 2.29. The molecule has 1 aromatic heterocycles. The molecule has 1 aliphatic rings. The van der Waals surface area contributed by atoms with E-state index in [2.05, 4.69) is 4.98 Å². The van der Waals surface area contributed by atoms with Crippen LogP contribution in [-0.4, -0.2) is 21.5 Å². The summed E-state index contributed by atoms with van der Waals surface area (Å²) in [6.07, 6.45) is 7.99. The standard InChI is InChI=1S/C19H19NO3/c1-19(2)10-9-15-17(23-19)8-6-14(18(15)22)16(21)7-5-13-4-3-11-20-12-13/h3-8,11-12,22H,9-10H2,1-2H3/b7-5+. The number of carbonyl (C=O) groups excluding carboxylic acids is 1. The molecule has 0 aliphatic carbocycles. The number of hydrogen-bond donors (Lipinski definition) is 1. The van der Waals surface area contributed by atoms with Gasteiger partial charge in [-0.25, -0.2) is 0 Å². The Bertz CT molecular complexity index is 764. The van der Waals surface area contributed by atoms with Crippen LogP contribution in [0.4, 0.5) is 0 Å². The maximum atomic E-state index is 12.3. The van der Waals surface area contributed by atoms with Gasteiger partial charge >= 0.3 is 0 Å². The number of allylic oxidation sites excluding steroid dienone is 1. The molecule has 2 aromatic rings. The van der Waals surface area contributed by atoms with Gasteiger partial charge in [0.2, 0.25) is 0 Å². The summed E-state index contributed by atoms with van der Waals surface area (Å²) in [6.45, 7) is 4.03. The number of fused-ring (bicyclic) bond motifs is 1. The molecule has 4 heteroatoms. The summed E-state index contributed by atoms with van der Waals surface area (Å²) >= 11 is 0. The molecular formula is C19H19NO3. The van der Waals surface area contributed by atoms with Crippen molar-refractivity contribution in [3.05, 3.63) is 59.4 Å². The van der Waals surface area contributed by atoms with Crippen LogP contribution in [0.25, 0.3) is 6.08 Å². The van der Waals surface area contributed by atoms with Crippen LogP contribution in [0.15, 0.2) is 42.7 Å². The topological polar surface area (TPSA) is 59.4 Å². The number of aromatic hydroxyl groups is 1. The smallest absolute Gasteiger partial charge is 0.189 e. The van der Waals surface area contributed by atoms with Crippen LogP contribution in [0, 0.1) is 0 Å². The maximum Gasteiger partial charge on any atom is 0.189 e. The predicted octanol–water partition coefficient (Wildman–Crippen LogP) is 3.79. The summed E-state index contributed by atoms with van der Waals surface area (Å²) in [5.41, 5.74) is 1.60. The second kappa shape index (κ2) is 5.88. The minimum absolute atomic E-state index is 0.0267. The van der Waals surface area contributed by atoms with Gasteiger partial charge in [0, 0.05) is 18.0 Å². The zero-order valence-electron chi connectivity index (χ0n) is 13.2. The van der Waals surface area contributed by atoms with Gasteiger partial charge in [-0.15, -0.1) is 0 Å². The van der Waals surface area contributed by atoms with Gasteiger partial charge in [0.05, 0.1) is 5.56 Å². The number of hydrogen-bond acceptors (Lipinski definition) is 4. The van der Waals surface area contributed by atoms with Gasteiger partial charge in [0.1, 0.15) is 17.1 Å². The van der Waals surface area contributed by atoms with Gasteiger partial charge in [-0.1, -0.05) is 6.07 Å². The molecule has 0 saturated carbocycles. The van der Waals surface area contributed by atoms with Crippen molar-refractivity contribution in [3.63, 3.8) is 0 Å². The highest BCUT2D eigenvalue weighted by atomic mass is 16.5. The van der Waals surface area contributed by atoms with Gasteiger partial charge in [-0.2, -0.15) is 0 Å². The summed E-state index contributed by atoms with van der Waals surface area (Å²) < 4.78 is 5.87. The number of nitrogens with zero attached hydrogens (tertiary/aromatic N) is 1. The first-order chi connectivity index (χ1) is 11.0. The number of benzene rings is 1. The molecule has 0 radical (unpaired) electrons. The molecule has 0 saturated heterocycles. The molecule has 23 heavy (non-hydrogen) atoms. The molecular weight excluding hydrogens is 290 g/mol. The summed E-state index contributed by atoms with van der Waals surface area (Å²) in [5.74, 6) is 0.448. The van der Waals surface area contributed by atoms with E-state index >= 15 is 0 Å². The Hall–Kier alpha value is -2.62. The van der Waals surface area contributed by atoms with E-state index in [0.717, 1.165) is 12.0 Å². The first kappa shape index (κ1) is 15.3. The van der Waals surface area contributed by atoms with E-state index in [9.17, 15) is 9.90 Å². The van der Waals surface area contributed by atoms with Gasteiger partial charge in [-0.3, -0.25) is 9.78 Å². The number of ketones is 1. The predicted molar refractivity (Wildman–Crippen MR) is 88.7 cm³/mol. The van der Waals surface area contributed by atoms with E-state index in [0.29, 0.717) is 23.3 Å². The molecule has 0 fully saturated rings. The minimum atomic E-state index is -0.245. The van der Waals surface area contributed by atoms with Crippen molar-refractivity contribution in [2.75, 3.05) is 0 Å². The third-order valence-corrected chi connectivity index (χ3v) is 3.98. The number of phenols is 1. The van der Waals surface area contributed by atoms with Crippen LogP contribution < -0.4 is 4.74 Å². The van der Waals surface area contributed by atoms with E-state index in [1.165, 1.54) is 6.08 Å². The van der Waals surface area contributed by atoms with Crippen LogP contribution in [0.3, 0.4) is 0 Å². The number of carbonyl (C=O) groups is 1. The van der Waals surface area contributed by atoms with Gasteiger partial charge in [0.15, 0.2) is 5.78 Å². The first-order valence-electron chi connectivity index (χ1n) is 7.62. The van der Waals surface area contributed by atoms with Gasteiger partial charge in [-0.05, 0) is 62.6 Å². The van der Waals surface area contributed by atoms with Crippen molar-refractivity contribution >= 4 is 11.9 Å². The van der Waals surface area contributed by atoms with E-state index in [1.807, 2.05) is 19.9 Å². The normalized spacial score (nSPS) is 15.9. The molecule has 1 aliphatic heterocycles. The van der Waals surface area contributed by atoms with Crippen molar-refractivity contribution < 1.29 is 14.6 Å². The second-order valence-corrected chi connectivity index (χ2v) is 6.28. The zero-order chi connectivity index (χ0) is 16.4. The molecule has 0 atom stereocenters. The Morgan fingerprint density at radius 1 is 1.35 bits per heavy atom. The Kier molecular flexibility index (Phi) is 3.90. The van der Waals surface area contributed by atoms with Crippen molar-refractivity contribution in [1.82, 2.24) is 4.98 Å². The van der Waals surface area contributed by atoms with Crippen molar-refractivity contribution in [1.29, 1.82) is 0 Å². The van der Waals surface area contributed by atoms with E-state index in [-0.39, 0.29) is 17.1 Å². The lowest BCUT2D eigenvalue weighted by molar-refractivity contribution is 0.0836. The van der Waals surface area contributed by atoms with Crippen LogP contribution >= 0.6 is 0 Å². The van der Waals surface area contributed by atoms with Crippen LogP contribution in [0.5, 0.6) is 11.5 Å². The lowest BCUT2D eigenvalue weighted by atomic mass is 9.92. The molecule has 0 unspecified atom stereocenters. The van der Waals surface area contributed by atoms with E-state index < -0.39 is 0 Å². The van der Waals surface area contributed by atoms with E-state index in [1.54, 1.807) is 36.7 Å². The monoisotopic (exact) mass is 309 g/mol. The molecule has 1 N–H and O–H groups in total. The summed E-state index contributed by atoms with van der Waals surface area (Å²) in [5, 5.41) is 10.4. The summed E-state index contributed by atoms with van der Waals surface area (Å²) in [6, 6.07) is 7.05. The fourth-order valence-electron chi connectivity index (χ4n) is 2.66. The molecule has 0 spiro atoms. The number of aromatic nitrogens is 1. The highest BCUT2D eigenvalue weighted by molar-refractivity contribution is 6.09. The molecule has 3 rings (SSSR count). The molecule has 4 nitrogen and oxygen atoms in total. The highest BCUT2D eigenvalue weighted by Crippen LogP contribution is 2.39. The molecule has 2 heterocycles. The Labute approximate surface area is 135 Å². The van der Waals surface area contributed by atoms with Gasteiger partial charge < -0.3 is 9.84 Å². The van der Waals surface area contributed by atoms with Crippen LogP contribution in [0.1, 0.15) is 41.8 Å². The summed E-state index contributed by atoms with van der Waals surface area (Å²) in [7, 11) is 0. The number of pyridine rings is 1. The molecule has 118 valence electrons. The Morgan fingerprint density at radius 2 is 2.17 bits per heavy atom. The average molecular weight is 309 g/mol. The molecule has 0 amide bonds. The largest absolute Gasteiger partial charge is 0.507 e. The lowest BCUT2D eigenvalue weighted by Crippen LogP contribution is -2.32. The third-order valence-electron chi connectivity index (χ3n) is 3.98. The first-order valence-corrected chi connectivity index (χ1v) is 7.62. The third kappa shape index (κ3) is 3.26. The average Bonchev–Trinajstić information content (AvgIpc) is 2.53. The van der Waals surface area contributed by atoms with Crippen LogP contribution in [0.2, 0.25) is 0 Å². The second-order valence-electron chi connectivity index (χ2n) is 6.28. The SMILES string of the molecule is CC1(C)CCc2c(ccc(C(=O)/C=C/c3cccnc3)c2O)O1. The summed E-state index contributed by atoms with van der Waals surface area (Å²) in [4.78, 5) is 16.3. The van der Waals surface area contributed by atoms with E-state index in [4.69, 9.17) is 4.74 Å². The fourth-order valence-corrected chi connectivity index (χ4v) is 2.66. The Morgan fingerprint density at radius 3 is 2.91 bits per heavy atom. The van der Waals surface area contributed by atoms with Crippen molar-refractivity contribution in [2.45, 2.75) is 32.3 Å². The minimum Gasteiger partial charge on any atom is -0.507 e. The fraction of sp³-hybridized carbons (Fsp3) is 0.263. The zero-order valence-corrected chi connectivity index (χ0v) is 13.2. The molecule has 1 aromatic carbocycles. The van der Waals surface area contributed by atoms with Gasteiger partial charge in [0.25, 0.3) is 0 Å². The number of rotatable bonds is 3. The quantitative estimate of drug-likeness (QED) is 0.692. The maximum absolute atomic E-state index is 12.3.